The molecular formula is C13H15BrN2O5. The highest BCUT2D eigenvalue weighted by atomic mass is 79.9. The molecule has 0 aliphatic heterocycles. The number of ether oxygens (including phenoxy) is 2. The van der Waals surface area contributed by atoms with E-state index in [0.717, 1.165) is 12.8 Å². The number of nitrogens with two attached hydrogens (primary N) is 1. The van der Waals surface area contributed by atoms with Crippen LogP contribution in [0.3, 0.4) is 0 Å². The standard InChI is InChI=1S/C13H15BrN2O5/c1-20-12(17)13(15,8-5-6-8)7-21-11-9(14)3-2-4-10(11)16(18)19/h2-4,8H,5-7,15H2,1H3. The molecule has 1 aromatic rings. The van der Waals surface area contributed by atoms with Gasteiger partial charge in [0.2, 0.25) is 5.75 Å². The SMILES string of the molecule is COC(=O)C(N)(COc1c(Br)cccc1[N+](=O)[O-])C1CC1. The fourth-order valence-corrected chi connectivity index (χ4v) is 2.58. The number of halogens is 1. The van der Waals surface area contributed by atoms with Crippen LogP contribution in [0.5, 0.6) is 5.75 Å². The van der Waals surface area contributed by atoms with Gasteiger partial charge < -0.3 is 15.2 Å². The van der Waals surface area contributed by atoms with Crippen LogP contribution in [0.15, 0.2) is 22.7 Å². The molecule has 8 heteroatoms. The van der Waals surface area contributed by atoms with Gasteiger partial charge in [0.15, 0.2) is 5.54 Å². The van der Waals surface area contributed by atoms with Gasteiger partial charge >= 0.3 is 11.7 Å². The first-order chi connectivity index (χ1) is 9.90. The van der Waals surface area contributed by atoms with Crippen LogP contribution in [0.25, 0.3) is 0 Å². The van der Waals surface area contributed by atoms with Crippen molar-refractivity contribution >= 4 is 27.6 Å². The zero-order valence-electron chi connectivity index (χ0n) is 11.4. The van der Waals surface area contributed by atoms with Crippen molar-refractivity contribution in [2.24, 2.45) is 11.7 Å². The minimum atomic E-state index is -1.28. The van der Waals surface area contributed by atoms with Crippen molar-refractivity contribution < 1.29 is 19.2 Å². The van der Waals surface area contributed by atoms with E-state index in [-0.39, 0.29) is 24.0 Å². The number of nitro benzene ring substituents is 1. The van der Waals surface area contributed by atoms with Gasteiger partial charge in [-0.15, -0.1) is 0 Å². The van der Waals surface area contributed by atoms with E-state index >= 15 is 0 Å². The van der Waals surface area contributed by atoms with Crippen molar-refractivity contribution in [2.45, 2.75) is 18.4 Å². The molecule has 0 aromatic heterocycles. The van der Waals surface area contributed by atoms with Gasteiger partial charge in [0.05, 0.1) is 16.5 Å². The highest BCUT2D eigenvalue weighted by molar-refractivity contribution is 9.10. The lowest BCUT2D eigenvalue weighted by molar-refractivity contribution is -0.386. The molecule has 0 bridgehead atoms. The Morgan fingerprint density at radius 3 is 2.76 bits per heavy atom. The van der Waals surface area contributed by atoms with E-state index in [1.165, 1.54) is 19.2 Å². The minimum Gasteiger partial charge on any atom is -0.483 e. The molecule has 0 heterocycles. The molecule has 1 aliphatic carbocycles. The molecule has 1 atom stereocenters. The molecule has 114 valence electrons. The van der Waals surface area contributed by atoms with Gasteiger partial charge in [0.25, 0.3) is 0 Å². The normalized spacial score (nSPS) is 16.9. The Balaban J connectivity index is 2.22. The van der Waals surface area contributed by atoms with Crippen LogP contribution in [-0.2, 0) is 9.53 Å². The number of hydrogen-bond donors (Lipinski definition) is 1. The van der Waals surface area contributed by atoms with Gasteiger partial charge in [0, 0.05) is 6.07 Å². The van der Waals surface area contributed by atoms with Crippen LogP contribution >= 0.6 is 15.9 Å². The molecule has 0 amide bonds. The first kappa shape index (κ1) is 15.7. The molecule has 2 rings (SSSR count). The predicted molar refractivity (Wildman–Crippen MR) is 77.9 cm³/mol. The lowest BCUT2D eigenvalue weighted by Crippen LogP contribution is -2.55. The molecule has 21 heavy (non-hydrogen) atoms. The molecule has 0 radical (unpaired) electrons. The third-order valence-electron chi connectivity index (χ3n) is 3.47. The summed E-state index contributed by atoms with van der Waals surface area (Å²) in [6, 6.07) is 4.48. The number of esters is 1. The van der Waals surface area contributed by atoms with Crippen molar-refractivity contribution in [1.82, 2.24) is 0 Å². The summed E-state index contributed by atoms with van der Waals surface area (Å²) >= 11 is 3.20. The Morgan fingerprint density at radius 2 is 2.24 bits per heavy atom. The quantitative estimate of drug-likeness (QED) is 0.473. The summed E-state index contributed by atoms with van der Waals surface area (Å²) in [5.41, 5.74) is 4.63. The van der Waals surface area contributed by atoms with Gasteiger partial charge in [-0.25, -0.2) is 4.79 Å². The molecule has 1 aliphatic rings. The number of benzene rings is 1. The van der Waals surface area contributed by atoms with Crippen molar-refractivity contribution in [1.29, 1.82) is 0 Å². The van der Waals surface area contributed by atoms with E-state index in [4.69, 9.17) is 15.2 Å². The van der Waals surface area contributed by atoms with Crippen LogP contribution in [0, 0.1) is 16.0 Å². The summed E-state index contributed by atoms with van der Waals surface area (Å²) in [5, 5.41) is 11.0. The smallest absolute Gasteiger partial charge is 0.329 e. The number of carbonyl (C=O) groups excluding carboxylic acids is 1. The zero-order valence-corrected chi connectivity index (χ0v) is 13.0. The third kappa shape index (κ3) is 3.16. The lowest BCUT2D eigenvalue weighted by Gasteiger charge is -2.26. The largest absolute Gasteiger partial charge is 0.483 e. The van der Waals surface area contributed by atoms with Crippen LogP contribution in [0.1, 0.15) is 12.8 Å². The van der Waals surface area contributed by atoms with E-state index in [2.05, 4.69) is 15.9 Å². The molecule has 1 fully saturated rings. The molecule has 0 saturated heterocycles. The number of para-hydroxylation sites is 1. The average molecular weight is 359 g/mol. The molecule has 1 saturated carbocycles. The van der Waals surface area contributed by atoms with E-state index in [9.17, 15) is 14.9 Å². The minimum absolute atomic E-state index is 0.0218. The van der Waals surface area contributed by atoms with Gasteiger partial charge in [-0.2, -0.15) is 0 Å². The molecule has 7 nitrogen and oxygen atoms in total. The van der Waals surface area contributed by atoms with E-state index < -0.39 is 16.4 Å². The number of carbonyl (C=O) groups is 1. The first-order valence-electron chi connectivity index (χ1n) is 6.33. The summed E-state index contributed by atoms with van der Waals surface area (Å²) in [7, 11) is 1.26. The van der Waals surface area contributed by atoms with Crippen LogP contribution in [0.4, 0.5) is 5.69 Å². The maximum absolute atomic E-state index is 11.9. The van der Waals surface area contributed by atoms with Crippen molar-refractivity contribution in [3.8, 4) is 5.75 Å². The van der Waals surface area contributed by atoms with E-state index in [1.807, 2.05) is 0 Å². The van der Waals surface area contributed by atoms with Crippen LogP contribution in [-0.4, -0.2) is 30.1 Å². The van der Waals surface area contributed by atoms with E-state index in [0.29, 0.717) is 4.47 Å². The molecule has 2 N–H and O–H groups in total. The average Bonchev–Trinajstić information content (AvgIpc) is 3.29. The fraction of sp³-hybridized carbons (Fsp3) is 0.462. The number of rotatable bonds is 6. The maximum Gasteiger partial charge on any atom is 0.329 e. The number of hydrogen-bond acceptors (Lipinski definition) is 6. The van der Waals surface area contributed by atoms with Crippen molar-refractivity contribution in [2.75, 3.05) is 13.7 Å². The second-order valence-corrected chi connectivity index (χ2v) is 5.79. The molecule has 1 aromatic carbocycles. The highest BCUT2D eigenvalue weighted by Gasteiger charge is 2.50. The van der Waals surface area contributed by atoms with Crippen molar-refractivity contribution in [3.05, 3.63) is 32.8 Å². The summed E-state index contributed by atoms with van der Waals surface area (Å²) in [5.74, 6) is -0.534. The Kier molecular flexibility index (Phi) is 4.48. The fourth-order valence-electron chi connectivity index (χ4n) is 2.11. The molecular weight excluding hydrogens is 344 g/mol. The summed E-state index contributed by atoms with van der Waals surface area (Å²) in [6.07, 6.45) is 1.63. The lowest BCUT2D eigenvalue weighted by atomic mass is 9.96. The predicted octanol–water partition coefficient (Wildman–Crippen LogP) is 2.02. The number of nitro groups is 1. The van der Waals surface area contributed by atoms with Gasteiger partial charge in [-0.3, -0.25) is 10.1 Å². The topological polar surface area (TPSA) is 105 Å². The second-order valence-electron chi connectivity index (χ2n) is 4.94. The second kappa shape index (κ2) is 5.98. The number of methoxy groups -OCH3 is 1. The Bertz CT molecular complexity index is 576. The summed E-state index contributed by atoms with van der Waals surface area (Å²) in [4.78, 5) is 22.3. The number of nitrogens with zero attached hydrogens (tertiary/aromatic N) is 1. The Morgan fingerprint density at radius 1 is 1.57 bits per heavy atom. The van der Waals surface area contributed by atoms with Gasteiger partial charge in [0.1, 0.15) is 6.61 Å². The van der Waals surface area contributed by atoms with Gasteiger partial charge in [-0.05, 0) is 40.8 Å². The van der Waals surface area contributed by atoms with E-state index in [1.54, 1.807) is 6.07 Å². The summed E-state index contributed by atoms with van der Waals surface area (Å²) < 4.78 is 10.7. The summed E-state index contributed by atoms with van der Waals surface area (Å²) in [6.45, 7) is -0.173. The Labute approximate surface area is 129 Å². The first-order valence-corrected chi connectivity index (χ1v) is 7.12. The highest BCUT2D eigenvalue weighted by Crippen LogP contribution is 2.41. The van der Waals surface area contributed by atoms with Crippen molar-refractivity contribution in [3.63, 3.8) is 0 Å². The maximum atomic E-state index is 11.9. The monoisotopic (exact) mass is 358 g/mol. The third-order valence-corrected chi connectivity index (χ3v) is 4.09. The molecule has 1 unspecified atom stereocenters. The molecule has 0 spiro atoms. The van der Waals surface area contributed by atoms with Gasteiger partial charge in [-0.1, -0.05) is 6.07 Å². The Hall–Kier alpha value is -1.67. The van der Waals surface area contributed by atoms with Crippen LogP contribution in [0.2, 0.25) is 0 Å². The van der Waals surface area contributed by atoms with Crippen LogP contribution < -0.4 is 10.5 Å². The zero-order chi connectivity index (χ0) is 15.6.